The van der Waals surface area contributed by atoms with Crippen molar-refractivity contribution in [2.75, 3.05) is 0 Å². The van der Waals surface area contributed by atoms with Gasteiger partial charge >= 0.3 is 11.4 Å². The average Bonchev–Trinajstić information content (AvgIpc) is 2.81. The van der Waals surface area contributed by atoms with Crippen molar-refractivity contribution < 1.29 is 14.0 Å². The number of hydrogen-bond donors (Lipinski definition) is 1. The van der Waals surface area contributed by atoms with E-state index >= 15 is 0 Å². The third kappa shape index (κ3) is 2.06. The molecule has 7 nitrogen and oxygen atoms in total. The van der Waals surface area contributed by atoms with E-state index in [0.29, 0.717) is 22.2 Å². The second kappa shape index (κ2) is 5.02. The van der Waals surface area contributed by atoms with Gasteiger partial charge in [-0.15, -0.1) is 0 Å². The van der Waals surface area contributed by atoms with Crippen LogP contribution in [0, 0.1) is 0 Å². The van der Waals surface area contributed by atoms with E-state index in [-0.39, 0.29) is 23.7 Å². The van der Waals surface area contributed by atoms with Crippen LogP contribution in [0.1, 0.15) is 26.3 Å². The molecule has 2 heterocycles. The lowest BCUT2D eigenvalue weighted by Gasteiger charge is -2.14. The third-order valence-corrected chi connectivity index (χ3v) is 3.94. The number of aromatic nitrogens is 1. The Morgan fingerprint density at radius 2 is 1.58 bits per heavy atom. The smallest absolute Gasteiger partial charge is 0.372 e. The zero-order valence-corrected chi connectivity index (χ0v) is 12.2. The highest BCUT2D eigenvalue weighted by molar-refractivity contribution is 6.21. The topological polar surface area (TPSA) is 100 Å². The summed E-state index contributed by atoms with van der Waals surface area (Å²) in [5, 5.41) is 0.184. The lowest BCUT2D eigenvalue weighted by molar-refractivity contribution is 0.0642. The molecule has 2 amide bonds. The molecular formula is C17H10N2O5. The van der Waals surface area contributed by atoms with Crippen LogP contribution in [0.3, 0.4) is 0 Å². The maximum atomic E-state index is 12.4. The minimum absolute atomic E-state index is 0.0286. The number of carbonyl (C=O) groups excluding carboxylic acids is 2. The second-order valence-electron chi connectivity index (χ2n) is 5.42. The number of rotatable bonds is 2. The molecule has 24 heavy (non-hydrogen) atoms. The van der Waals surface area contributed by atoms with Crippen LogP contribution in [0.15, 0.2) is 56.5 Å². The quantitative estimate of drug-likeness (QED) is 0.716. The monoisotopic (exact) mass is 322 g/mol. The average molecular weight is 322 g/mol. The molecule has 118 valence electrons. The minimum Gasteiger partial charge on any atom is -0.372 e. The number of carbonyl (C=O) groups is 2. The van der Waals surface area contributed by atoms with Gasteiger partial charge in [-0.2, -0.15) is 0 Å². The Balaban J connectivity index is 1.73. The van der Waals surface area contributed by atoms with Gasteiger partial charge in [0.2, 0.25) is 0 Å². The standard InChI is InChI=1S/C17H10N2O5/c20-14-10-3-1-2-4-11(10)15(21)19(14)8-9-5-6-13-12(7-9)16(22)24-17(23)18-13/h1-7H,8H2,(H,18,23). The van der Waals surface area contributed by atoms with E-state index in [0.717, 1.165) is 4.90 Å². The molecule has 4 rings (SSSR count). The summed E-state index contributed by atoms with van der Waals surface area (Å²) in [6, 6.07) is 11.3. The first-order valence-corrected chi connectivity index (χ1v) is 7.16. The SMILES string of the molecule is O=C1c2ccccc2C(=O)N1Cc1ccc2[nH]c(=O)oc(=O)c2c1. The van der Waals surface area contributed by atoms with E-state index in [1.165, 1.54) is 6.07 Å². The molecule has 1 aliphatic rings. The van der Waals surface area contributed by atoms with Crippen molar-refractivity contribution in [3.8, 4) is 0 Å². The number of fused-ring (bicyclic) bond motifs is 2. The van der Waals surface area contributed by atoms with E-state index in [1.54, 1.807) is 36.4 Å². The molecule has 7 heteroatoms. The second-order valence-corrected chi connectivity index (χ2v) is 5.42. The Morgan fingerprint density at radius 3 is 2.25 bits per heavy atom. The van der Waals surface area contributed by atoms with E-state index in [1.807, 2.05) is 0 Å². The molecule has 0 aliphatic carbocycles. The van der Waals surface area contributed by atoms with Crippen LogP contribution in [-0.4, -0.2) is 21.7 Å². The molecule has 1 aromatic heterocycles. The van der Waals surface area contributed by atoms with Gasteiger partial charge in [0, 0.05) is 0 Å². The summed E-state index contributed by atoms with van der Waals surface area (Å²) in [5.74, 6) is -1.58. The van der Waals surface area contributed by atoms with Crippen molar-refractivity contribution in [2.24, 2.45) is 0 Å². The summed E-state index contributed by atoms with van der Waals surface area (Å²) < 4.78 is 4.49. The van der Waals surface area contributed by atoms with Crippen LogP contribution in [0.4, 0.5) is 0 Å². The van der Waals surface area contributed by atoms with Gasteiger partial charge in [-0.1, -0.05) is 18.2 Å². The van der Waals surface area contributed by atoms with Gasteiger partial charge in [-0.3, -0.25) is 19.5 Å². The molecule has 0 fully saturated rings. The minimum atomic E-state index is -0.833. The molecule has 0 unspecified atom stereocenters. The van der Waals surface area contributed by atoms with E-state index in [2.05, 4.69) is 9.40 Å². The predicted molar refractivity (Wildman–Crippen MR) is 83.8 cm³/mol. The summed E-state index contributed by atoms with van der Waals surface area (Å²) in [6.45, 7) is 0.0286. The highest BCUT2D eigenvalue weighted by Gasteiger charge is 2.34. The van der Waals surface area contributed by atoms with Crippen LogP contribution >= 0.6 is 0 Å². The number of aromatic amines is 1. The maximum absolute atomic E-state index is 12.4. The molecule has 1 N–H and O–H groups in total. The molecule has 0 radical (unpaired) electrons. The van der Waals surface area contributed by atoms with Gasteiger partial charge in [0.05, 0.1) is 28.6 Å². The molecule has 0 saturated heterocycles. The summed E-state index contributed by atoms with van der Waals surface area (Å²) >= 11 is 0. The van der Waals surface area contributed by atoms with E-state index in [4.69, 9.17) is 0 Å². The first-order valence-electron chi connectivity index (χ1n) is 7.16. The molecule has 2 aromatic carbocycles. The molecule has 1 aliphatic heterocycles. The Morgan fingerprint density at radius 1 is 0.917 bits per heavy atom. The lowest BCUT2D eigenvalue weighted by Crippen LogP contribution is -2.29. The van der Waals surface area contributed by atoms with Crippen LogP contribution in [0.25, 0.3) is 10.9 Å². The van der Waals surface area contributed by atoms with Gasteiger partial charge in [-0.25, -0.2) is 9.59 Å². The molecular weight excluding hydrogens is 312 g/mol. The number of nitrogens with one attached hydrogen (secondary N) is 1. The third-order valence-electron chi connectivity index (χ3n) is 3.94. The maximum Gasteiger partial charge on any atom is 0.419 e. The van der Waals surface area contributed by atoms with Crippen molar-refractivity contribution in [3.63, 3.8) is 0 Å². The molecule has 0 spiro atoms. The first-order chi connectivity index (χ1) is 11.5. The normalized spacial score (nSPS) is 13.6. The zero-order chi connectivity index (χ0) is 16.8. The number of benzene rings is 2. The fraction of sp³-hybridized carbons (Fsp3) is 0.0588. The van der Waals surface area contributed by atoms with Crippen LogP contribution in [0.5, 0.6) is 0 Å². The summed E-state index contributed by atoms with van der Waals surface area (Å²) in [7, 11) is 0. The Labute approximate surface area is 134 Å². The van der Waals surface area contributed by atoms with E-state index < -0.39 is 11.4 Å². The molecule has 0 atom stereocenters. The molecule has 0 bridgehead atoms. The van der Waals surface area contributed by atoms with Gasteiger partial charge in [0.25, 0.3) is 11.8 Å². The van der Waals surface area contributed by atoms with Crippen LogP contribution < -0.4 is 11.4 Å². The van der Waals surface area contributed by atoms with Gasteiger partial charge in [0.1, 0.15) is 0 Å². The van der Waals surface area contributed by atoms with Crippen molar-refractivity contribution in [1.29, 1.82) is 0 Å². The van der Waals surface area contributed by atoms with Crippen molar-refractivity contribution >= 4 is 22.7 Å². The molecule has 0 saturated carbocycles. The lowest BCUT2D eigenvalue weighted by atomic mass is 10.1. The number of amides is 2. The first kappa shape index (κ1) is 14.1. The Hall–Kier alpha value is -3.48. The Bertz CT molecular complexity index is 1090. The Kier molecular flexibility index (Phi) is 2.96. The van der Waals surface area contributed by atoms with Gasteiger partial charge < -0.3 is 4.42 Å². The van der Waals surface area contributed by atoms with Crippen LogP contribution in [-0.2, 0) is 6.54 Å². The fourth-order valence-electron chi connectivity index (χ4n) is 2.81. The highest BCUT2D eigenvalue weighted by atomic mass is 16.4. The highest BCUT2D eigenvalue weighted by Crippen LogP contribution is 2.24. The fourth-order valence-corrected chi connectivity index (χ4v) is 2.81. The van der Waals surface area contributed by atoms with Gasteiger partial charge in [0.15, 0.2) is 0 Å². The zero-order valence-electron chi connectivity index (χ0n) is 12.2. The van der Waals surface area contributed by atoms with Crippen molar-refractivity contribution in [2.45, 2.75) is 6.54 Å². The van der Waals surface area contributed by atoms with Crippen LogP contribution in [0.2, 0.25) is 0 Å². The largest absolute Gasteiger partial charge is 0.419 e. The van der Waals surface area contributed by atoms with E-state index in [9.17, 15) is 19.2 Å². The number of H-pyrrole nitrogens is 1. The summed E-state index contributed by atoms with van der Waals surface area (Å²) in [5.41, 5.74) is 0.885. The number of imide groups is 1. The number of nitrogens with zero attached hydrogens (tertiary/aromatic N) is 1. The summed E-state index contributed by atoms with van der Waals surface area (Å²) in [6.07, 6.45) is 0. The van der Waals surface area contributed by atoms with Gasteiger partial charge in [-0.05, 0) is 29.8 Å². The molecule has 3 aromatic rings. The van der Waals surface area contributed by atoms with Crippen molar-refractivity contribution in [3.05, 3.63) is 80.1 Å². The summed E-state index contributed by atoms with van der Waals surface area (Å²) in [4.78, 5) is 51.2. The predicted octanol–water partition coefficient (Wildman–Crippen LogP) is 1.28. The number of hydrogen-bond acceptors (Lipinski definition) is 5. The van der Waals surface area contributed by atoms with Crippen molar-refractivity contribution in [1.82, 2.24) is 9.88 Å².